The van der Waals surface area contributed by atoms with E-state index in [1.165, 1.54) is 11.1 Å². The summed E-state index contributed by atoms with van der Waals surface area (Å²) in [6, 6.07) is 17.6. The Hall–Kier alpha value is -3.41. The Kier molecular flexibility index (Phi) is 4.93. The fourth-order valence-electron chi connectivity index (χ4n) is 3.22. The van der Waals surface area contributed by atoms with E-state index in [0.29, 0.717) is 12.2 Å². The Balaban J connectivity index is 1.56. The normalized spacial score (nSPS) is 16.1. The van der Waals surface area contributed by atoms with Gasteiger partial charge in [-0.25, -0.2) is 9.40 Å². The molecule has 0 fully saturated rings. The largest absolute Gasteiger partial charge is 0.467 e. The van der Waals surface area contributed by atoms with Crippen LogP contribution in [0.2, 0.25) is 0 Å². The van der Waals surface area contributed by atoms with E-state index in [1.54, 1.807) is 30.5 Å². The SMILES string of the molecule is Cc1ccc(C2=NN(C(=O)CNc3ccccc3F)C(c3ccco3)C2)cc1. The number of halogens is 1. The van der Waals surface area contributed by atoms with Crippen molar-refractivity contribution in [2.24, 2.45) is 5.10 Å². The monoisotopic (exact) mass is 377 g/mol. The van der Waals surface area contributed by atoms with Crippen molar-refractivity contribution in [3.05, 3.63) is 89.6 Å². The highest BCUT2D eigenvalue weighted by molar-refractivity contribution is 6.03. The molecule has 0 radical (unpaired) electrons. The Morgan fingerprint density at radius 1 is 1.18 bits per heavy atom. The van der Waals surface area contributed by atoms with E-state index in [0.717, 1.165) is 16.8 Å². The number of para-hydroxylation sites is 1. The molecule has 2 aromatic carbocycles. The van der Waals surface area contributed by atoms with E-state index in [9.17, 15) is 9.18 Å². The molecule has 1 N–H and O–H groups in total. The van der Waals surface area contributed by atoms with Crippen LogP contribution in [0.25, 0.3) is 0 Å². The minimum absolute atomic E-state index is 0.0666. The molecule has 142 valence electrons. The average molecular weight is 377 g/mol. The molecule has 1 amide bonds. The molecule has 0 bridgehead atoms. The van der Waals surface area contributed by atoms with Gasteiger partial charge in [0.25, 0.3) is 5.91 Å². The second kappa shape index (κ2) is 7.68. The zero-order valence-electron chi connectivity index (χ0n) is 15.4. The summed E-state index contributed by atoms with van der Waals surface area (Å²) in [5.41, 5.74) is 3.24. The van der Waals surface area contributed by atoms with Crippen LogP contribution < -0.4 is 5.32 Å². The summed E-state index contributed by atoms with van der Waals surface area (Å²) >= 11 is 0. The first-order valence-corrected chi connectivity index (χ1v) is 9.10. The van der Waals surface area contributed by atoms with Crippen LogP contribution in [0.15, 0.2) is 76.4 Å². The van der Waals surface area contributed by atoms with Crippen molar-refractivity contribution in [3.8, 4) is 0 Å². The van der Waals surface area contributed by atoms with Gasteiger partial charge >= 0.3 is 0 Å². The maximum atomic E-state index is 13.8. The van der Waals surface area contributed by atoms with Crippen molar-refractivity contribution >= 4 is 17.3 Å². The molecule has 5 nitrogen and oxygen atoms in total. The number of nitrogens with one attached hydrogen (secondary N) is 1. The number of hydrogen-bond donors (Lipinski definition) is 1. The number of furan rings is 1. The standard InChI is InChI=1S/C22H20FN3O2/c1-15-8-10-16(11-9-15)19-13-20(21-7-4-12-28-21)26(25-19)22(27)14-24-18-6-3-2-5-17(18)23/h2-12,20,24H,13-14H2,1H3. The highest BCUT2D eigenvalue weighted by Crippen LogP contribution is 2.33. The van der Waals surface area contributed by atoms with Gasteiger partial charge < -0.3 is 9.73 Å². The summed E-state index contributed by atoms with van der Waals surface area (Å²) < 4.78 is 19.3. The van der Waals surface area contributed by atoms with E-state index in [2.05, 4.69) is 10.4 Å². The van der Waals surface area contributed by atoms with Crippen molar-refractivity contribution in [2.45, 2.75) is 19.4 Å². The summed E-state index contributed by atoms with van der Waals surface area (Å²) in [4.78, 5) is 12.9. The van der Waals surface area contributed by atoms with Gasteiger partial charge in [0.05, 0.1) is 24.2 Å². The number of hydrogen-bond acceptors (Lipinski definition) is 4. The van der Waals surface area contributed by atoms with Crippen molar-refractivity contribution in [1.82, 2.24) is 5.01 Å². The second-order valence-corrected chi connectivity index (χ2v) is 6.72. The molecule has 1 aliphatic rings. The highest BCUT2D eigenvalue weighted by atomic mass is 19.1. The lowest BCUT2D eigenvalue weighted by atomic mass is 10.0. The minimum Gasteiger partial charge on any atom is -0.467 e. The molecule has 6 heteroatoms. The second-order valence-electron chi connectivity index (χ2n) is 6.72. The number of nitrogens with zero attached hydrogens (tertiary/aromatic N) is 2. The Bertz CT molecular complexity index is 997. The third kappa shape index (κ3) is 3.67. The predicted octanol–water partition coefficient (Wildman–Crippen LogP) is 4.52. The molecule has 28 heavy (non-hydrogen) atoms. The smallest absolute Gasteiger partial charge is 0.262 e. The number of carbonyl (C=O) groups is 1. The number of hydrazone groups is 1. The molecule has 0 saturated carbocycles. The third-order valence-electron chi connectivity index (χ3n) is 4.73. The van der Waals surface area contributed by atoms with E-state index in [1.807, 2.05) is 37.3 Å². The van der Waals surface area contributed by atoms with Crippen LogP contribution >= 0.6 is 0 Å². The molecule has 1 unspecified atom stereocenters. The van der Waals surface area contributed by atoms with E-state index in [-0.39, 0.29) is 24.2 Å². The van der Waals surface area contributed by atoms with Crippen LogP contribution in [0, 0.1) is 12.7 Å². The predicted molar refractivity (Wildman–Crippen MR) is 106 cm³/mol. The summed E-state index contributed by atoms with van der Waals surface area (Å²) in [5, 5.41) is 8.85. The van der Waals surface area contributed by atoms with Crippen LogP contribution in [-0.2, 0) is 4.79 Å². The Morgan fingerprint density at radius 3 is 2.68 bits per heavy atom. The molecule has 1 aliphatic heterocycles. The quantitative estimate of drug-likeness (QED) is 0.711. The summed E-state index contributed by atoms with van der Waals surface area (Å²) in [6.07, 6.45) is 2.14. The van der Waals surface area contributed by atoms with Gasteiger partial charge in [-0.3, -0.25) is 4.79 Å². The van der Waals surface area contributed by atoms with E-state index in [4.69, 9.17) is 4.42 Å². The highest BCUT2D eigenvalue weighted by Gasteiger charge is 2.34. The minimum atomic E-state index is -0.400. The van der Waals surface area contributed by atoms with Crippen LogP contribution in [0.4, 0.5) is 10.1 Å². The van der Waals surface area contributed by atoms with Crippen LogP contribution in [-0.4, -0.2) is 23.2 Å². The summed E-state index contributed by atoms with van der Waals surface area (Å²) in [6.45, 7) is 1.96. The first kappa shape index (κ1) is 18.0. The maximum Gasteiger partial charge on any atom is 0.262 e. The molecule has 1 atom stereocenters. The lowest BCUT2D eigenvalue weighted by Crippen LogP contribution is -2.32. The lowest BCUT2D eigenvalue weighted by molar-refractivity contribution is -0.131. The van der Waals surface area contributed by atoms with Gasteiger partial charge in [0.15, 0.2) is 0 Å². The first-order chi connectivity index (χ1) is 13.6. The molecule has 0 spiro atoms. The van der Waals surface area contributed by atoms with Crippen LogP contribution in [0.3, 0.4) is 0 Å². The van der Waals surface area contributed by atoms with Gasteiger partial charge in [-0.05, 0) is 36.8 Å². The van der Waals surface area contributed by atoms with Gasteiger partial charge in [-0.1, -0.05) is 42.0 Å². The van der Waals surface area contributed by atoms with Gasteiger partial charge in [0.2, 0.25) is 0 Å². The number of benzene rings is 2. The van der Waals surface area contributed by atoms with E-state index < -0.39 is 5.82 Å². The molecular formula is C22H20FN3O2. The number of anilines is 1. The molecule has 4 rings (SSSR count). The zero-order valence-corrected chi connectivity index (χ0v) is 15.4. The fraction of sp³-hybridized carbons (Fsp3) is 0.182. The van der Waals surface area contributed by atoms with Gasteiger partial charge in [0, 0.05) is 6.42 Å². The van der Waals surface area contributed by atoms with Crippen molar-refractivity contribution < 1.29 is 13.6 Å². The molecule has 1 aromatic heterocycles. The third-order valence-corrected chi connectivity index (χ3v) is 4.73. The number of aryl methyl sites for hydroxylation is 1. The Labute approximate surface area is 162 Å². The van der Waals surface area contributed by atoms with Crippen molar-refractivity contribution in [1.29, 1.82) is 0 Å². The molecule has 2 heterocycles. The first-order valence-electron chi connectivity index (χ1n) is 9.10. The van der Waals surface area contributed by atoms with Crippen LogP contribution in [0.5, 0.6) is 0 Å². The topological polar surface area (TPSA) is 57.8 Å². The van der Waals surface area contributed by atoms with Crippen molar-refractivity contribution in [2.75, 3.05) is 11.9 Å². The number of rotatable bonds is 5. The molecule has 0 aliphatic carbocycles. The molecule has 3 aromatic rings. The molecule has 0 saturated heterocycles. The molecular weight excluding hydrogens is 357 g/mol. The number of carbonyl (C=O) groups excluding carboxylic acids is 1. The lowest BCUT2D eigenvalue weighted by Gasteiger charge is -2.20. The average Bonchev–Trinajstić information content (AvgIpc) is 3.37. The Morgan fingerprint density at radius 2 is 1.96 bits per heavy atom. The van der Waals surface area contributed by atoms with Gasteiger partial charge in [-0.15, -0.1) is 0 Å². The van der Waals surface area contributed by atoms with Crippen molar-refractivity contribution in [3.63, 3.8) is 0 Å². The van der Waals surface area contributed by atoms with Crippen LogP contribution in [0.1, 0.15) is 29.3 Å². The maximum absolute atomic E-state index is 13.8. The fourth-order valence-corrected chi connectivity index (χ4v) is 3.22. The summed E-state index contributed by atoms with van der Waals surface area (Å²) in [7, 11) is 0. The van der Waals surface area contributed by atoms with E-state index >= 15 is 0 Å². The zero-order chi connectivity index (χ0) is 19.5. The van der Waals surface area contributed by atoms with Gasteiger partial charge in [0.1, 0.15) is 17.6 Å². The van der Waals surface area contributed by atoms with Gasteiger partial charge in [-0.2, -0.15) is 5.10 Å². The summed E-state index contributed by atoms with van der Waals surface area (Å²) in [5.74, 6) is 0.0139. The number of amides is 1.